The van der Waals surface area contributed by atoms with Crippen LogP contribution < -0.4 is 5.32 Å². The maximum atomic E-state index is 11.7. The van der Waals surface area contributed by atoms with Crippen molar-refractivity contribution in [2.45, 2.75) is 27.7 Å². The van der Waals surface area contributed by atoms with Gasteiger partial charge in [0.05, 0.1) is 0 Å². The van der Waals surface area contributed by atoms with Crippen molar-refractivity contribution in [2.75, 3.05) is 0 Å². The van der Waals surface area contributed by atoms with Crippen LogP contribution in [0, 0.1) is 12.3 Å². The molecule has 0 aliphatic heterocycles. The molecule has 0 unspecified atom stereocenters. The number of benzene rings is 1. The van der Waals surface area contributed by atoms with Gasteiger partial charge in [0.2, 0.25) is 5.91 Å². The van der Waals surface area contributed by atoms with Gasteiger partial charge in [-0.2, -0.15) is 0 Å². The van der Waals surface area contributed by atoms with Crippen LogP contribution in [-0.2, 0) is 4.79 Å². The SMILES string of the molecule is Cc1ccc(C(=O)NC(=O)C(C)(C)C)cc1. The maximum Gasteiger partial charge on any atom is 0.257 e. The lowest BCUT2D eigenvalue weighted by Gasteiger charge is -2.16. The first-order chi connectivity index (χ1) is 7.30. The Balaban J connectivity index is 2.74. The van der Waals surface area contributed by atoms with Crippen molar-refractivity contribution in [2.24, 2.45) is 5.41 Å². The third kappa shape index (κ3) is 3.19. The Labute approximate surface area is 95.9 Å². The van der Waals surface area contributed by atoms with Gasteiger partial charge in [-0.1, -0.05) is 38.5 Å². The smallest absolute Gasteiger partial charge is 0.257 e. The summed E-state index contributed by atoms with van der Waals surface area (Å²) in [6, 6.07) is 7.11. The van der Waals surface area contributed by atoms with Crippen LogP contribution in [0.2, 0.25) is 0 Å². The molecule has 0 spiro atoms. The van der Waals surface area contributed by atoms with Crippen molar-refractivity contribution in [3.05, 3.63) is 35.4 Å². The largest absolute Gasteiger partial charge is 0.292 e. The summed E-state index contributed by atoms with van der Waals surface area (Å²) >= 11 is 0. The summed E-state index contributed by atoms with van der Waals surface area (Å²) in [4.78, 5) is 23.3. The summed E-state index contributed by atoms with van der Waals surface area (Å²) in [7, 11) is 0. The molecule has 3 nitrogen and oxygen atoms in total. The second kappa shape index (κ2) is 4.47. The molecule has 0 aliphatic rings. The molecular weight excluding hydrogens is 202 g/mol. The summed E-state index contributed by atoms with van der Waals surface area (Å²) in [5.74, 6) is -0.613. The van der Waals surface area contributed by atoms with E-state index in [-0.39, 0.29) is 11.8 Å². The van der Waals surface area contributed by atoms with Gasteiger partial charge in [0.15, 0.2) is 0 Å². The Morgan fingerprint density at radius 1 is 1.06 bits per heavy atom. The topological polar surface area (TPSA) is 46.2 Å². The summed E-state index contributed by atoms with van der Waals surface area (Å²) in [6.07, 6.45) is 0. The zero-order valence-corrected chi connectivity index (χ0v) is 10.1. The lowest BCUT2D eigenvalue weighted by Crippen LogP contribution is -2.38. The summed E-state index contributed by atoms with van der Waals surface area (Å²) in [6.45, 7) is 7.25. The first-order valence-corrected chi connectivity index (χ1v) is 5.23. The highest BCUT2D eigenvalue weighted by molar-refractivity contribution is 6.05. The number of rotatable bonds is 1. The number of amides is 2. The number of hydrogen-bond donors (Lipinski definition) is 1. The van der Waals surface area contributed by atoms with E-state index in [4.69, 9.17) is 0 Å². The maximum absolute atomic E-state index is 11.7. The average molecular weight is 219 g/mol. The molecular formula is C13H17NO2. The normalized spacial score (nSPS) is 11.0. The quantitative estimate of drug-likeness (QED) is 0.787. The minimum absolute atomic E-state index is 0.266. The summed E-state index contributed by atoms with van der Waals surface area (Å²) in [5, 5.41) is 2.38. The number of hydrogen-bond acceptors (Lipinski definition) is 2. The van der Waals surface area contributed by atoms with Crippen molar-refractivity contribution in [3.8, 4) is 0 Å². The van der Waals surface area contributed by atoms with Gasteiger partial charge >= 0.3 is 0 Å². The van der Waals surface area contributed by atoms with Crippen LogP contribution in [0.25, 0.3) is 0 Å². The summed E-state index contributed by atoms with van der Waals surface area (Å²) < 4.78 is 0. The highest BCUT2D eigenvalue weighted by Gasteiger charge is 2.23. The predicted octanol–water partition coefficient (Wildman–Crippen LogP) is 2.30. The van der Waals surface area contributed by atoms with Crippen LogP contribution in [0.3, 0.4) is 0 Å². The van der Waals surface area contributed by atoms with E-state index >= 15 is 0 Å². The number of imide groups is 1. The molecule has 0 atom stereocenters. The molecule has 0 saturated carbocycles. The summed E-state index contributed by atoms with van der Waals surface area (Å²) in [5.41, 5.74) is 1.03. The van der Waals surface area contributed by atoms with E-state index in [1.165, 1.54) is 0 Å². The Bertz CT molecular complexity index is 399. The molecule has 2 amide bonds. The van der Waals surface area contributed by atoms with Crippen molar-refractivity contribution >= 4 is 11.8 Å². The Kier molecular flexibility index (Phi) is 3.48. The standard InChI is InChI=1S/C13H17NO2/c1-9-5-7-10(8-6-9)11(15)14-12(16)13(2,3)4/h5-8H,1-4H3,(H,14,15,16). The third-order valence-corrected chi connectivity index (χ3v) is 2.22. The number of carbonyl (C=O) groups is 2. The van der Waals surface area contributed by atoms with Crippen molar-refractivity contribution in [1.82, 2.24) is 5.32 Å². The van der Waals surface area contributed by atoms with E-state index < -0.39 is 5.41 Å². The second-order valence-corrected chi connectivity index (χ2v) is 4.90. The van der Waals surface area contributed by atoms with Gasteiger partial charge in [-0.05, 0) is 19.1 Å². The number of aryl methyl sites for hydroxylation is 1. The monoisotopic (exact) mass is 219 g/mol. The molecule has 1 aromatic rings. The number of nitrogens with one attached hydrogen (secondary N) is 1. The van der Waals surface area contributed by atoms with Crippen molar-refractivity contribution in [1.29, 1.82) is 0 Å². The van der Waals surface area contributed by atoms with E-state index in [1.807, 2.05) is 19.1 Å². The lowest BCUT2D eigenvalue weighted by molar-refractivity contribution is -0.127. The molecule has 0 aromatic heterocycles. The molecule has 86 valence electrons. The third-order valence-electron chi connectivity index (χ3n) is 2.22. The van der Waals surface area contributed by atoms with E-state index in [1.54, 1.807) is 32.9 Å². The molecule has 0 bridgehead atoms. The van der Waals surface area contributed by atoms with E-state index in [0.717, 1.165) is 5.56 Å². The highest BCUT2D eigenvalue weighted by atomic mass is 16.2. The number of carbonyl (C=O) groups excluding carboxylic acids is 2. The molecule has 1 N–H and O–H groups in total. The second-order valence-electron chi connectivity index (χ2n) is 4.90. The first kappa shape index (κ1) is 12.4. The zero-order valence-electron chi connectivity index (χ0n) is 10.1. The fourth-order valence-electron chi connectivity index (χ4n) is 1.07. The Morgan fingerprint density at radius 2 is 1.56 bits per heavy atom. The van der Waals surface area contributed by atoms with Gasteiger partial charge in [0, 0.05) is 11.0 Å². The van der Waals surface area contributed by atoms with Crippen LogP contribution in [0.5, 0.6) is 0 Å². The van der Waals surface area contributed by atoms with Crippen LogP contribution in [0.4, 0.5) is 0 Å². The molecule has 0 aliphatic carbocycles. The first-order valence-electron chi connectivity index (χ1n) is 5.23. The molecule has 0 fully saturated rings. The fourth-order valence-corrected chi connectivity index (χ4v) is 1.07. The highest BCUT2D eigenvalue weighted by Crippen LogP contribution is 2.13. The van der Waals surface area contributed by atoms with Crippen molar-refractivity contribution in [3.63, 3.8) is 0 Å². The van der Waals surface area contributed by atoms with Crippen molar-refractivity contribution < 1.29 is 9.59 Å². The molecule has 3 heteroatoms. The van der Waals surface area contributed by atoms with Gasteiger partial charge in [0.25, 0.3) is 5.91 Å². The van der Waals surface area contributed by atoms with E-state index in [2.05, 4.69) is 5.32 Å². The predicted molar refractivity (Wildman–Crippen MR) is 63.1 cm³/mol. The minimum Gasteiger partial charge on any atom is -0.292 e. The van der Waals surface area contributed by atoms with E-state index in [9.17, 15) is 9.59 Å². The molecule has 0 heterocycles. The van der Waals surface area contributed by atoms with Gasteiger partial charge in [-0.25, -0.2) is 0 Å². The Morgan fingerprint density at radius 3 is 2.00 bits per heavy atom. The van der Waals surface area contributed by atoms with Crippen LogP contribution in [-0.4, -0.2) is 11.8 Å². The van der Waals surface area contributed by atoms with Crippen LogP contribution in [0.1, 0.15) is 36.7 Å². The molecule has 0 saturated heterocycles. The van der Waals surface area contributed by atoms with Gasteiger partial charge < -0.3 is 0 Å². The molecule has 0 radical (unpaired) electrons. The lowest BCUT2D eigenvalue weighted by atomic mass is 9.95. The average Bonchev–Trinajstić information content (AvgIpc) is 2.17. The van der Waals surface area contributed by atoms with Gasteiger partial charge in [0.1, 0.15) is 0 Å². The molecule has 1 aromatic carbocycles. The van der Waals surface area contributed by atoms with Crippen LogP contribution in [0.15, 0.2) is 24.3 Å². The zero-order chi connectivity index (χ0) is 12.3. The Hall–Kier alpha value is -1.64. The van der Waals surface area contributed by atoms with Gasteiger partial charge in [-0.15, -0.1) is 0 Å². The fraction of sp³-hybridized carbons (Fsp3) is 0.385. The van der Waals surface area contributed by atoms with Gasteiger partial charge in [-0.3, -0.25) is 14.9 Å². The molecule has 16 heavy (non-hydrogen) atoms. The van der Waals surface area contributed by atoms with E-state index in [0.29, 0.717) is 5.56 Å². The minimum atomic E-state index is -0.555. The van der Waals surface area contributed by atoms with Crippen LogP contribution >= 0.6 is 0 Å². The molecule has 1 rings (SSSR count).